The van der Waals surface area contributed by atoms with E-state index in [2.05, 4.69) is 21.1 Å². The highest BCUT2D eigenvalue weighted by molar-refractivity contribution is 5.96. The quantitative estimate of drug-likeness (QED) is 0.321. The molecule has 0 radical (unpaired) electrons. The Kier molecular flexibility index (Phi) is 6.96. The summed E-state index contributed by atoms with van der Waals surface area (Å²) >= 11 is 0. The summed E-state index contributed by atoms with van der Waals surface area (Å²) in [6.45, 7) is 0.756. The van der Waals surface area contributed by atoms with E-state index in [-0.39, 0.29) is 18.8 Å². The number of guanidine groups is 1. The van der Waals surface area contributed by atoms with Crippen LogP contribution in [0.5, 0.6) is 0 Å². The molecule has 1 aromatic rings. The first-order chi connectivity index (χ1) is 14.8. The highest BCUT2D eigenvalue weighted by atomic mass is 16.7. The lowest BCUT2D eigenvalue weighted by Gasteiger charge is -2.28. The number of carbonyl (C=O) groups is 3. The molecule has 31 heavy (non-hydrogen) atoms. The van der Waals surface area contributed by atoms with Crippen LogP contribution in [0.1, 0.15) is 41.6 Å². The lowest BCUT2D eigenvalue weighted by Crippen LogP contribution is -2.41. The Morgan fingerprint density at radius 3 is 2.68 bits per heavy atom. The molecule has 0 saturated heterocycles. The van der Waals surface area contributed by atoms with Gasteiger partial charge in [-0.1, -0.05) is 12.1 Å². The number of hydrogen-bond donors (Lipinski definition) is 6. The molecule has 0 unspecified atom stereocenters. The van der Waals surface area contributed by atoms with Gasteiger partial charge in [0, 0.05) is 24.9 Å². The van der Waals surface area contributed by atoms with Gasteiger partial charge in [0.2, 0.25) is 5.96 Å². The Morgan fingerprint density at radius 2 is 2.00 bits per heavy atom. The number of hydroxylamine groups is 1. The minimum Gasteiger partial charge on any atom is -0.481 e. The number of nitrogens with zero attached hydrogens (tertiary/aromatic N) is 1. The van der Waals surface area contributed by atoms with Crippen LogP contribution < -0.4 is 21.8 Å². The van der Waals surface area contributed by atoms with Crippen LogP contribution in [-0.2, 0) is 20.8 Å². The average Bonchev–Trinajstić information content (AvgIpc) is 2.75. The first-order valence-corrected chi connectivity index (χ1v) is 9.90. The van der Waals surface area contributed by atoms with Gasteiger partial charge in [-0.3, -0.25) is 9.59 Å². The molecule has 2 atom stereocenters. The Labute approximate surface area is 178 Å². The van der Waals surface area contributed by atoms with Gasteiger partial charge >= 0.3 is 11.9 Å². The molecule has 0 bridgehead atoms. The number of hydrogen-bond acceptors (Lipinski definition) is 8. The fourth-order valence-electron chi connectivity index (χ4n) is 3.38. The van der Waals surface area contributed by atoms with Crippen LogP contribution in [0.15, 0.2) is 40.8 Å². The lowest BCUT2D eigenvalue weighted by molar-refractivity contribution is -0.140. The molecule has 0 aliphatic carbocycles. The standard InChI is InChI=1S/C20H25N5O6/c21-20-24-17-15(31-25-20)9-12(10-22-17)2-1-11-3-5-13(6-4-11)18(28)23-14(19(29)30)7-8-16(26)27/h3-6,12,14,22H,1-2,7-10H2,(H,23,28)(H,26,27)(H,29,30)(H3,21,24,25)/t12-,14+/m1/s1. The van der Waals surface area contributed by atoms with E-state index in [1.54, 1.807) is 12.1 Å². The summed E-state index contributed by atoms with van der Waals surface area (Å²) in [5, 5.41) is 23.5. The van der Waals surface area contributed by atoms with E-state index < -0.39 is 23.9 Å². The maximum Gasteiger partial charge on any atom is 0.326 e. The van der Waals surface area contributed by atoms with Gasteiger partial charge in [-0.25, -0.2) is 4.79 Å². The molecule has 0 spiro atoms. The molecule has 1 amide bonds. The van der Waals surface area contributed by atoms with Gasteiger partial charge in [-0.2, -0.15) is 10.5 Å². The zero-order valence-corrected chi connectivity index (χ0v) is 16.8. The molecule has 7 N–H and O–H groups in total. The fraction of sp³-hybridized carbons (Fsp3) is 0.400. The van der Waals surface area contributed by atoms with Crippen molar-refractivity contribution in [3.05, 3.63) is 47.0 Å². The van der Waals surface area contributed by atoms with Crippen molar-refractivity contribution < 1.29 is 29.4 Å². The van der Waals surface area contributed by atoms with E-state index in [4.69, 9.17) is 20.8 Å². The molecule has 11 nitrogen and oxygen atoms in total. The number of carboxylic acids is 2. The molecule has 3 rings (SSSR count). The Balaban J connectivity index is 1.50. The number of carbonyl (C=O) groups excluding carboxylic acids is 1. The summed E-state index contributed by atoms with van der Waals surface area (Å²) in [6.07, 6.45) is 1.91. The monoisotopic (exact) mass is 431 g/mol. The lowest BCUT2D eigenvalue weighted by atomic mass is 9.93. The number of nitrogens with two attached hydrogens (primary N) is 1. The maximum absolute atomic E-state index is 12.3. The molecular formula is C20H25N5O6. The van der Waals surface area contributed by atoms with Gasteiger partial charge in [0.05, 0.1) is 0 Å². The highest BCUT2D eigenvalue weighted by Gasteiger charge is 2.25. The normalized spacial score (nSPS) is 18.5. The van der Waals surface area contributed by atoms with Gasteiger partial charge in [-0.05, 0) is 42.9 Å². The second-order valence-corrected chi connectivity index (χ2v) is 7.46. The third-order valence-electron chi connectivity index (χ3n) is 5.12. The van der Waals surface area contributed by atoms with E-state index in [1.165, 1.54) is 0 Å². The summed E-state index contributed by atoms with van der Waals surface area (Å²) in [4.78, 5) is 43.7. The van der Waals surface area contributed by atoms with Crippen LogP contribution in [0.4, 0.5) is 0 Å². The van der Waals surface area contributed by atoms with Crippen molar-refractivity contribution >= 4 is 23.8 Å². The van der Waals surface area contributed by atoms with Crippen molar-refractivity contribution in [1.82, 2.24) is 16.1 Å². The smallest absolute Gasteiger partial charge is 0.326 e. The number of aliphatic carboxylic acids is 2. The van der Waals surface area contributed by atoms with Crippen LogP contribution in [0.3, 0.4) is 0 Å². The largest absolute Gasteiger partial charge is 0.481 e. The number of carboxylic acid groups (broad SMARTS) is 2. The third-order valence-corrected chi connectivity index (χ3v) is 5.12. The molecule has 0 aromatic heterocycles. The molecule has 1 aromatic carbocycles. The van der Waals surface area contributed by atoms with E-state index in [9.17, 15) is 14.4 Å². The van der Waals surface area contributed by atoms with Crippen molar-refractivity contribution in [3.8, 4) is 0 Å². The Hall–Kier alpha value is -3.76. The minimum atomic E-state index is -1.27. The number of amides is 1. The predicted octanol–water partition coefficient (Wildman–Crippen LogP) is 0.295. The minimum absolute atomic E-state index is 0.181. The predicted molar refractivity (Wildman–Crippen MR) is 110 cm³/mol. The molecule has 2 heterocycles. The Morgan fingerprint density at radius 1 is 1.26 bits per heavy atom. The van der Waals surface area contributed by atoms with Crippen LogP contribution in [0, 0.1) is 5.92 Å². The third kappa shape index (κ3) is 6.11. The van der Waals surface area contributed by atoms with Crippen LogP contribution in [-0.4, -0.2) is 46.6 Å². The maximum atomic E-state index is 12.3. The van der Waals surface area contributed by atoms with Crippen molar-refractivity contribution in [2.75, 3.05) is 6.54 Å². The average molecular weight is 431 g/mol. The second-order valence-electron chi connectivity index (χ2n) is 7.46. The zero-order chi connectivity index (χ0) is 22.4. The molecule has 166 valence electrons. The zero-order valence-electron chi connectivity index (χ0n) is 16.8. The first kappa shape index (κ1) is 21.9. The van der Waals surface area contributed by atoms with Gasteiger partial charge in [0.15, 0.2) is 11.6 Å². The highest BCUT2D eigenvalue weighted by Crippen LogP contribution is 2.25. The Bertz CT molecular complexity index is 911. The summed E-state index contributed by atoms with van der Waals surface area (Å²) in [5.74, 6) is -0.986. The number of aliphatic imine (C=N–C) groups is 1. The van der Waals surface area contributed by atoms with Crippen LogP contribution >= 0.6 is 0 Å². The fourth-order valence-corrected chi connectivity index (χ4v) is 3.38. The van der Waals surface area contributed by atoms with Crippen molar-refractivity contribution in [2.24, 2.45) is 16.6 Å². The van der Waals surface area contributed by atoms with Crippen LogP contribution in [0.2, 0.25) is 0 Å². The van der Waals surface area contributed by atoms with Gasteiger partial charge in [-0.15, -0.1) is 0 Å². The molecule has 2 aliphatic heterocycles. The van der Waals surface area contributed by atoms with Crippen molar-refractivity contribution in [3.63, 3.8) is 0 Å². The molecule has 0 fully saturated rings. The van der Waals surface area contributed by atoms with Crippen LogP contribution in [0.25, 0.3) is 0 Å². The summed E-state index contributed by atoms with van der Waals surface area (Å²) in [6, 6.07) is 5.66. The van der Waals surface area contributed by atoms with E-state index >= 15 is 0 Å². The van der Waals surface area contributed by atoms with E-state index in [0.717, 1.165) is 37.1 Å². The molecule has 2 aliphatic rings. The van der Waals surface area contributed by atoms with Gasteiger partial charge < -0.3 is 31.4 Å². The SMILES string of the molecule is NC1=NC2=C(C[C@@H](CCc3ccc(C(=O)N[C@@H](CCC(=O)O)C(=O)O)cc3)CN2)ON1. The summed E-state index contributed by atoms with van der Waals surface area (Å²) in [5.41, 5.74) is 9.48. The first-order valence-electron chi connectivity index (χ1n) is 9.90. The number of benzene rings is 1. The number of aryl methyl sites for hydroxylation is 1. The number of nitrogens with one attached hydrogen (secondary N) is 3. The van der Waals surface area contributed by atoms with Crippen molar-refractivity contribution in [1.29, 1.82) is 0 Å². The van der Waals surface area contributed by atoms with Gasteiger partial charge in [0.25, 0.3) is 5.91 Å². The summed E-state index contributed by atoms with van der Waals surface area (Å²) < 4.78 is 0. The molecular weight excluding hydrogens is 406 g/mol. The number of allylic oxidation sites excluding steroid dienone is 1. The van der Waals surface area contributed by atoms with Gasteiger partial charge in [0.1, 0.15) is 6.04 Å². The molecule has 0 saturated carbocycles. The topological polar surface area (TPSA) is 175 Å². The van der Waals surface area contributed by atoms with E-state index in [1.807, 2.05) is 12.1 Å². The molecule has 11 heteroatoms. The van der Waals surface area contributed by atoms with Crippen molar-refractivity contribution in [2.45, 2.75) is 38.1 Å². The second kappa shape index (κ2) is 9.83. The van der Waals surface area contributed by atoms with E-state index in [0.29, 0.717) is 17.3 Å². The number of rotatable bonds is 9. The summed E-state index contributed by atoms with van der Waals surface area (Å²) in [7, 11) is 0.